The van der Waals surface area contributed by atoms with Crippen molar-refractivity contribution in [2.45, 2.75) is 19.1 Å². The molecule has 0 saturated carbocycles. The van der Waals surface area contributed by atoms with E-state index < -0.39 is 18.0 Å². The van der Waals surface area contributed by atoms with Crippen LogP contribution in [0.3, 0.4) is 0 Å². The lowest BCUT2D eigenvalue weighted by Gasteiger charge is -2.32. The largest absolute Gasteiger partial charge is 0.481 e. The molecule has 1 aliphatic rings. The van der Waals surface area contributed by atoms with Gasteiger partial charge in [0.25, 0.3) is 0 Å². The minimum atomic E-state index is -1.01. The molecule has 1 heterocycles. The second-order valence-electron chi connectivity index (χ2n) is 4.86. The van der Waals surface area contributed by atoms with E-state index in [2.05, 4.69) is 0 Å². The molecule has 0 spiro atoms. The van der Waals surface area contributed by atoms with Crippen molar-refractivity contribution < 1.29 is 24.2 Å². The molecule has 0 aromatic heterocycles. The number of carboxylic acids is 1. The molecule has 0 amide bonds. The van der Waals surface area contributed by atoms with E-state index in [0.29, 0.717) is 26.3 Å². The highest BCUT2D eigenvalue weighted by Gasteiger charge is 2.30. The predicted octanol–water partition coefficient (Wildman–Crippen LogP) is 0.905. The highest BCUT2D eigenvalue weighted by molar-refractivity contribution is 5.82. The van der Waals surface area contributed by atoms with E-state index in [-0.39, 0.29) is 13.0 Å². The molecule has 1 aromatic rings. The number of hydrogen-bond acceptors (Lipinski definition) is 5. The first kappa shape index (κ1) is 15.5. The molecule has 114 valence electrons. The molecule has 2 rings (SSSR count). The molecular weight excluding hydrogens is 274 g/mol. The van der Waals surface area contributed by atoms with E-state index in [4.69, 9.17) is 14.6 Å². The zero-order valence-electron chi connectivity index (χ0n) is 11.7. The zero-order chi connectivity index (χ0) is 15.1. The molecule has 21 heavy (non-hydrogen) atoms. The molecule has 1 saturated heterocycles. The summed E-state index contributed by atoms with van der Waals surface area (Å²) in [7, 11) is 0. The highest BCUT2D eigenvalue weighted by Crippen LogP contribution is 2.11. The van der Waals surface area contributed by atoms with Crippen molar-refractivity contribution in [2.24, 2.45) is 0 Å². The van der Waals surface area contributed by atoms with Gasteiger partial charge >= 0.3 is 11.9 Å². The van der Waals surface area contributed by atoms with Crippen molar-refractivity contribution in [1.29, 1.82) is 0 Å². The molecule has 1 fully saturated rings. The molecular formula is C15H19NO5. The predicted molar refractivity (Wildman–Crippen MR) is 74.7 cm³/mol. The van der Waals surface area contributed by atoms with Crippen molar-refractivity contribution in [3.63, 3.8) is 0 Å². The number of aliphatic carboxylic acids is 1. The molecule has 1 aromatic carbocycles. The third-order valence-electron chi connectivity index (χ3n) is 3.35. The van der Waals surface area contributed by atoms with Gasteiger partial charge < -0.3 is 14.6 Å². The Morgan fingerprint density at radius 1 is 1.24 bits per heavy atom. The summed E-state index contributed by atoms with van der Waals surface area (Å²) in [4.78, 5) is 25.0. The van der Waals surface area contributed by atoms with E-state index in [1.54, 1.807) is 0 Å². The number of carbonyl (C=O) groups is 2. The van der Waals surface area contributed by atoms with E-state index in [0.717, 1.165) is 5.56 Å². The van der Waals surface area contributed by atoms with Gasteiger partial charge in [-0.25, -0.2) is 0 Å². The third kappa shape index (κ3) is 4.84. The quantitative estimate of drug-likeness (QED) is 0.786. The van der Waals surface area contributed by atoms with Crippen molar-refractivity contribution >= 4 is 11.9 Å². The summed E-state index contributed by atoms with van der Waals surface area (Å²) in [6.07, 6.45) is -0.256. The van der Waals surface area contributed by atoms with Gasteiger partial charge in [-0.1, -0.05) is 30.3 Å². The van der Waals surface area contributed by atoms with Crippen LogP contribution in [-0.4, -0.2) is 54.3 Å². The number of benzene rings is 1. The minimum Gasteiger partial charge on any atom is -0.481 e. The smallest absolute Gasteiger partial charge is 0.324 e. The molecule has 6 nitrogen and oxygen atoms in total. The number of carboxylic acid groups (broad SMARTS) is 1. The maximum absolute atomic E-state index is 12.2. The van der Waals surface area contributed by atoms with Gasteiger partial charge in [0.15, 0.2) is 0 Å². The number of carbonyl (C=O) groups excluding carboxylic acids is 1. The SMILES string of the molecule is O=C(O)CC(C(=O)OCc1ccccc1)N1CCOCC1. The van der Waals surface area contributed by atoms with Gasteiger partial charge in [0.2, 0.25) is 0 Å². The zero-order valence-corrected chi connectivity index (χ0v) is 11.7. The van der Waals surface area contributed by atoms with Crippen LogP contribution in [0.4, 0.5) is 0 Å². The van der Waals surface area contributed by atoms with E-state index in [9.17, 15) is 9.59 Å². The fourth-order valence-corrected chi connectivity index (χ4v) is 2.24. The topological polar surface area (TPSA) is 76.1 Å². The van der Waals surface area contributed by atoms with Crippen molar-refractivity contribution in [1.82, 2.24) is 4.90 Å². The Labute approximate surface area is 123 Å². The minimum absolute atomic E-state index is 0.153. The van der Waals surface area contributed by atoms with Crippen LogP contribution in [0.25, 0.3) is 0 Å². The average molecular weight is 293 g/mol. The number of hydrogen-bond donors (Lipinski definition) is 1. The first-order valence-electron chi connectivity index (χ1n) is 6.91. The number of esters is 1. The summed E-state index contributed by atoms with van der Waals surface area (Å²) >= 11 is 0. The van der Waals surface area contributed by atoms with Crippen molar-refractivity contribution in [3.05, 3.63) is 35.9 Å². The maximum atomic E-state index is 12.2. The van der Waals surface area contributed by atoms with E-state index in [1.165, 1.54) is 0 Å². The summed E-state index contributed by atoms with van der Waals surface area (Å²) in [5.74, 6) is -1.51. The van der Waals surface area contributed by atoms with Crippen LogP contribution >= 0.6 is 0 Å². The summed E-state index contributed by atoms with van der Waals surface area (Å²) in [6.45, 7) is 2.24. The second-order valence-corrected chi connectivity index (χ2v) is 4.86. The van der Waals surface area contributed by atoms with Gasteiger partial charge in [0, 0.05) is 13.1 Å². The van der Waals surface area contributed by atoms with Crippen LogP contribution < -0.4 is 0 Å². The number of morpholine rings is 1. The maximum Gasteiger partial charge on any atom is 0.324 e. The lowest BCUT2D eigenvalue weighted by molar-refractivity contribution is -0.157. The van der Waals surface area contributed by atoms with Crippen molar-refractivity contribution in [3.8, 4) is 0 Å². The Balaban J connectivity index is 1.94. The molecule has 1 atom stereocenters. The van der Waals surface area contributed by atoms with E-state index >= 15 is 0 Å². The molecule has 0 aliphatic carbocycles. The lowest BCUT2D eigenvalue weighted by atomic mass is 10.1. The summed E-state index contributed by atoms with van der Waals surface area (Å²) in [5, 5.41) is 8.98. The first-order valence-corrected chi connectivity index (χ1v) is 6.91. The number of rotatable bonds is 6. The first-order chi connectivity index (χ1) is 10.2. The molecule has 0 bridgehead atoms. The Morgan fingerprint density at radius 3 is 2.52 bits per heavy atom. The van der Waals surface area contributed by atoms with E-state index in [1.807, 2.05) is 35.2 Å². The third-order valence-corrected chi connectivity index (χ3v) is 3.35. The fraction of sp³-hybridized carbons (Fsp3) is 0.467. The summed E-state index contributed by atoms with van der Waals surface area (Å²) < 4.78 is 10.5. The van der Waals surface area contributed by atoms with Crippen LogP contribution in [0.15, 0.2) is 30.3 Å². The molecule has 6 heteroatoms. The van der Waals surface area contributed by atoms with Gasteiger partial charge in [0.1, 0.15) is 12.6 Å². The van der Waals surface area contributed by atoms with Crippen LogP contribution in [0.2, 0.25) is 0 Å². The monoisotopic (exact) mass is 293 g/mol. The number of ether oxygens (including phenoxy) is 2. The molecule has 1 N–H and O–H groups in total. The van der Waals surface area contributed by atoms with Crippen LogP contribution in [0.5, 0.6) is 0 Å². The normalized spacial score (nSPS) is 17.1. The Morgan fingerprint density at radius 2 is 1.90 bits per heavy atom. The van der Waals surface area contributed by atoms with Gasteiger partial charge in [-0.15, -0.1) is 0 Å². The Bertz CT molecular complexity index is 470. The standard InChI is InChI=1S/C15H19NO5/c17-14(18)10-13(16-6-8-20-9-7-16)15(19)21-11-12-4-2-1-3-5-12/h1-5,13H,6-11H2,(H,17,18). The van der Waals surface area contributed by atoms with Crippen molar-refractivity contribution in [2.75, 3.05) is 26.3 Å². The summed E-state index contributed by atoms with van der Waals surface area (Å²) in [5.41, 5.74) is 0.877. The Hall–Kier alpha value is -1.92. The Kier molecular flexibility index (Phi) is 5.71. The van der Waals surface area contributed by atoms with Crippen LogP contribution in [0, 0.1) is 0 Å². The van der Waals surface area contributed by atoms with Crippen LogP contribution in [-0.2, 0) is 25.7 Å². The highest BCUT2D eigenvalue weighted by atomic mass is 16.5. The van der Waals surface area contributed by atoms with Crippen LogP contribution in [0.1, 0.15) is 12.0 Å². The fourth-order valence-electron chi connectivity index (χ4n) is 2.24. The number of nitrogens with zero attached hydrogens (tertiary/aromatic N) is 1. The van der Waals surface area contributed by atoms with Gasteiger partial charge in [-0.3, -0.25) is 14.5 Å². The average Bonchev–Trinajstić information content (AvgIpc) is 2.52. The molecule has 1 unspecified atom stereocenters. The van der Waals surface area contributed by atoms with Gasteiger partial charge in [-0.2, -0.15) is 0 Å². The lowest BCUT2D eigenvalue weighted by Crippen LogP contribution is -2.48. The molecule has 1 aliphatic heterocycles. The second kappa shape index (κ2) is 7.75. The molecule has 0 radical (unpaired) electrons. The van der Waals surface area contributed by atoms with Gasteiger partial charge in [0.05, 0.1) is 19.6 Å². The summed E-state index contributed by atoms with van der Waals surface area (Å²) in [6, 6.07) is 8.56. The van der Waals surface area contributed by atoms with Gasteiger partial charge in [-0.05, 0) is 5.56 Å².